The van der Waals surface area contributed by atoms with Gasteiger partial charge in [-0.05, 0) is 31.4 Å². The molecule has 0 spiro atoms. The standard InChI is InChI=1S/C25H30ClN5O4/c1-2-3-4-11-30-22(29-12-5-6-19(29)13-21(32)27-15-24(34)35)14-23(33)31-16-20(28-25(30)31)17-7-9-18(26)10-8-17/h7-10,14,16,19H,2-6,11-13,15H2,1H3,(H,27,32)(H,34,35)/t19-/m0/s1. The third-order valence-electron chi connectivity index (χ3n) is 6.35. The first-order valence-corrected chi connectivity index (χ1v) is 12.4. The maximum atomic E-state index is 13.2. The number of aryl methyl sites for hydroxylation is 1. The number of hydrogen-bond acceptors (Lipinski definition) is 5. The first-order chi connectivity index (χ1) is 16.9. The number of unbranched alkanes of at least 4 members (excludes halogenated alkanes) is 2. The summed E-state index contributed by atoms with van der Waals surface area (Å²) in [6, 6.07) is 8.86. The van der Waals surface area contributed by atoms with Crippen molar-refractivity contribution in [3.05, 3.63) is 51.9 Å². The number of nitrogens with zero attached hydrogens (tertiary/aromatic N) is 4. The number of fused-ring (bicyclic) bond motifs is 1. The Labute approximate surface area is 208 Å². The van der Waals surface area contributed by atoms with E-state index in [1.807, 2.05) is 12.1 Å². The van der Waals surface area contributed by atoms with Crippen molar-refractivity contribution in [2.24, 2.45) is 0 Å². The average molecular weight is 500 g/mol. The number of amides is 1. The highest BCUT2D eigenvalue weighted by Gasteiger charge is 2.30. The lowest BCUT2D eigenvalue weighted by molar-refractivity contribution is -0.138. The minimum absolute atomic E-state index is 0.117. The predicted octanol–water partition coefficient (Wildman–Crippen LogP) is 3.57. The highest BCUT2D eigenvalue weighted by atomic mass is 35.5. The summed E-state index contributed by atoms with van der Waals surface area (Å²) in [5.74, 6) is -0.0707. The molecule has 10 heteroatoms. The molecule has 1 fully saturated rings. The molecule has 0 radical (unpaired) electrons. The number of carbonyl (C=O) groups excluding carboxylic acids is 1. The van der Waals surface area contributed by atoms with Gasteiger partial charge in [0.1, 0.15) is 12.4 Å². The second-order valence-electron chi connectivity index (χ2n) is 8.87. The molecule has 2 N–H and O–H groups in total. The number of carboxylic acid groups (broad SMARTS) is 1. The number of aromatic nitrogens is 3. The van der Waals surface area contributed by atoms with Gasteiger partial charge in [0.15, 0.2) is 0 Å². The highest BCUT2D eigenvalue weighted by Crippen LogP contribution is 2.29. The molecule has 4 rings (SSSR count). The number of nitrogens with one attached hydrogen (secondary N) is 1. The second-order valence-corrected chi connectivity index (χ2v) is 9.30. The Morgan fingerprint density at radius 2 is 2.00 bits per heavy atom. The maximum absolute atomic E-state index is 13.2. The molecule has 3 aromatic rings. The molecule has 3 heterocycles. The van der Waals surface area contributed by atoms with Crippen LogP contribution >= 0.6 is 11.6 Å². The van der Waals surface area contributed by atoms with Gasteiger partial charge in [-0.1, -0.05) is 43.5 Å². The van der Waals surface area contributed by atoms with Crippen LogP contribution in [0.2, 0.25) is 5.02 Å². The number of halogens is 1. The van der Waals surface area contributed by atoms with Crippen LogP contribution in [0.1, 0.15) is 45.4 Å². The molecular formula is C25H30ClN5O4. The lowest BCUT2D eigenvalue weighted by atomic mass is 10.1. The lowest BCUT2D eigenvalue weighted by Crippen LogP contribution is -2.39. The number of aliphatic carboxylic acids is 1. The number of hydrogen-bond donors (Lipinski definition) is 2. The van der Waals surface area contributed by atoms with E-state index in [0.717, 1.165) is 43.5 Å². The Morgan fingerprint density at radius 1 is 1.23 bits per heavy atom. The van der Waals surface area contributed by atoms with Crippen molar-refractivity contribution in [3.8, 4) is 11.3 Å². The van der Waals surface area contributed by atoms with Gasteiger partial charge in [-0.25, -0.2) is 4.98 Å². The number of carboxylic acids is 1. The van der Waals surface area contributed by atoms with E-state index in [-0.39, 0.29) is 23.9 Å². The van der Waals surface area contributed by atoms with E-state index in [1.165, 1.54) is 0 Å². The summed E-state index contributed by atoms with van der Waals surface area (Å²) in [6.07, 6.45) is 6.64. The van der Waals surface area contributed by atoms with Gasteiger partial charge in [-0.3, -0.25) is 23.4 Å². The maximum Gasteiger partial charge on any atom is 0.322 e. The fraction of sp³-hybridized carbons (Fsp3) is 0.440. The predicted molar refractivity (Wildman–Crippen MR) is 135 cm³/mol. The fourth-order valence-corrected chi connectivity index (χ4v) is 4.75. The number of carbonyl (C=O) groups is 2. The SMILES string of the molecule is CCCCCn1c(N2CCC[C@H]2CC(=O)NCC(=O)O)cc(=O)n2cc(-c3ccc(Cl)cc3)nc12. The van der Waals surface area contributed by atoms with Gasteiger partial charge in [0, 0.05) is 48.4 Å². The van der Waals surface area contributed by atoms with Gasteiger partial charge in [0.25, 0.3) is 5.56 Å². The quantitative estimate of drug-likeness (QED) is 0.413. The molecule has 1 amide bonds. The zero-order valence-electron chi connectivity index (χ0n) is 19.7. The summed E-state index contributed by atoms with van der Waals surface area (Å²) in [6.45, 7) is 3.15. The van der Waals surface area contributed by atoms with E-state index >= 15 is 0 Å². The van der Waals surface area contributed by atoms with Crippen molar-refractivity contribution < 1.29 is 14.7 Å². The van der Waals surface area contributed by atoms with Crippen molar-refractivity contribution in [2.45, 2.75) is 58.0 Å². The summed E-state index contributed by atoms with van der Waals surface area (Å²) in [7, 11) is 0. The van der Waals surface area contributed by atoms with Crippen LogP contribution in [0.25, 0.3) is 17.0 Å². The number of rotatable bonds is 10. The second kappa shape index (κ2) is 10.9. The Morgan fingerprint density at radius 3 is 2.71 bits per heavy atom. The van der Waals surface area contributed by atoms with Crippen molar-refractivity contribution in [3.63, 3.8) is 0 Å². The Kier molecular flexibility index (Phi) is 7.75. The van der Waals surface area contributed by atoms with E-state index in [4.69, 9.17) is 21.7 Å². The molecule has 35 heavy (non-hydrogen) atoms. The molecule has 0 saturated carbocycles. The zero-order valence-corrected chi connectivity index (χ0v) is 20.5. The Balaban J connectivity index is 1.72. The number of benzene rings is 1. The van der Waals surface area contributed by atoms with Gasteiger partial charge in [0.05, 0.1) is 5.69 Å². The van der Waals surface area contributed by atoms with E-state index in [9.17, 15) is 14.4 Å². The molecule has 1 aliphatic rings. The molecule has 186 valence electrons. The van der Waals surface area contributed by atoms with Gasteiger partial charge >= 0.3 is 5.97 Å². The normalized spacial score (nSPS) is 15.6. The monoisotopic (exact) mass is 499 g/mol. The van der Waals surface area contributed by atoms with Crippen molar-refractivity contribution in [1.82, 2.24) is 19.3 Å². The third kappa shape index (κ3) is 5.67. The third-order valence-corrected chi connectivity index (χ3v) is 6.60. The van der Waals surface area contributed by atoms with Gasteiger partial charge in [-0.15, -0.1) is 0 Å². The van der Waals surface area contributed by atoms with Gasteiger partial charge < -0.3 is 15.3 Å². The zero-order chi connectivity index (χ0) is 24.9. The number of anilines is 1. The van der Waals surface area contributed by atoms with Crippen LogP contribution in [0, 0.1) is 0 Å². The summed E-state index contributed by atoms with van der Waals surface area (Å²) in [5.41, 5.74) is 1.37. The molecule has 0 aliphatic carbocycles. The minimum Gasteiger partial charge on any atom is -0.480 e. The Bertz CT molecular complexity index is 1270. The molecule has 1 saturated heterocycles. The van der Waals surface area contributed by atoms with Crippen LogP contribution in [0.4, 0.5) is 5.82 Å². The van der Waals surface area contributed by atoms with E-state index in [1.54, 1.807) is 28.8 Å². The van der Waals surface area contributed by atoms with E-state index in [0.29, 0.717) is 29.6 Å². The molecule has 1 aromatic carbocycles. The molecule has 1 aliphatic heterocycles. The summed E-state index contributed by atoms with van der Waals surface area (Å²) < 4.78 is 3.65. The molecule has 1 atom stereocenters. The van der Waals surface area contributed by atoms with Crippen LogP contribution in [-0.2, 0) is 16.1 Å². The van der Waals surface area contributed by atoms with Crippen LogP contribution in [0.3, 0.4) is 0 Å². The number of imidazole rings is 1. The summed E-state index contributed by atoms with van der Waals surface area (Å²) in [4.78, 5) is 43.2. The fourth-order valence-electron chi connectivity index (χ4n) is 4.63. The van der Waals surface area contributed by atoms with Gasteiger partial charge in [0.2, 0.25) is 11.7 Å². The Hall–Kier alpha value is -3.33. The average Bonchev–Trinajstić information content (AvgIpc) is 3.47. The smallest absolute Gasteiger partial charge is 0.322 e. The lowest BCUT2D eigenvalue weighted by Gasteiger charge is -2.29. The molecule has 9 nitrogen and oxygen atoms in total. The molecule has 0 unspecified atom stereocenters. The highest BCUT2D eigenvalue weighted by molar-refractivity contribution is 6.30. The van der Waals surface area contributed by atoms with Gasteiger partial charge in [-0.2, -0.15) is 0 Å². The molecule has 2 aromatic heterocycles. The summed E-state index contributed by atoms with van der Waals surface area (Å²) >= 11 is 6.03. The largest absolute Gasteiger partial charge is 0.480 e. The van der Waals surface area contributed by atoms with E-state index in [2.05, 4.69) is 21.7 Å². The van der Waals surface area contributed by atoms with Crippen molar-refractivity contribution in [2.75, 3.05) is 18.0 Å². The topological polar surface area (TPSA) is 109 Å². The first kappa shape index (κ1) is 24.8. The van der Waals surface area contributed by atoms with E-state index < -0.39 is 12.5 Å². The van der Waals surface area contributed by atoms with Crippen LogP contribution in [-0.4, -0.2) is 50.1 Å². The molecular weight excluding hydrogens is 470 g/mol. The summed E-state index contributed by atoms with van der Waals surface area (Å²) in [5, 5.41) is 11.9. The minimum atomic E-state index is -1.08. The molecule has 0 bridgehead atoms. The van der Waals surface area contributed by atoms with Crippen LogP contribution in [0.5, 0.6) is 0 Å². The first-order valence-electron chi connectivity index (χ1n) is 12.0. The van der Waals surface area contributed by atoms with Crippen LogP contribution in [0.15, 0.2) is 41.3 Å². The van der Waals surface area contributed by atoms with Crippen molar-refractivity contribution >= 4 is 35.1 Å². The van der Waals surface area contributed by atoms with Crippen molar-refractivity contribution in [1.29, 1.82) is 0 Å². The van der Waals surface area contributed by atoms with Crippen LogP contribution < -0.4 is 15.8 Å².